The summed E-state index contributed by atoms with van der Waals surface area (Å²) in [6.45, 7) is 7.46. The Bertz CT molecular complexity index is 743. The molecule has 5 nitrogen and oxygen atoms in total. The molecule has 0 spiro atoms. The molecule has 3 rings (SSSR count). The van der Waals surface area contributed by atoms with Crippen molar-refractivity contribution in [3.05, 3.63) is 29.1 Å². The normalized spacial score (nSPS) is 17.8. The Morgan fingerprint density at radius 3 is 2.92 bits per heavy atom. The van der Waals surface area contributed by atoms with Crippen molar-refractivity contribution in [2.45, 2.75) is 46.5 Å². The van der Waals surface area contributed by atoms with E-state index in [1.165, 1.54) is 17.7 Å². The molecule has 2 aromatic rings. The van der Waals surface area contributed by atoms with Gasteiger partial charge in [-0.15, -0.1) is 0 Å². The highest BCUT2D eigenvalue weighted by atomic mass is 16.3. The number of pyridine rings is 1. The summed E-state index contributed by atoms with van der Waals surface area (Å²) in [6, 6.07) is 3.99. The van der Waals surface area contributed by atoms with Crippen LogP contribution in [0.15, 0.2) is 12.1 Å². The van der Waals surface area contributed by atoms with Gasteiger partial charge in [0.15, 0.2) is 0 Å². The molecule has 0 radical (unpaired) electrons. The van der Waals surface area contributed by atoms with Gasteiger partial charge in [0.1, 0.15) is 5.69 Å². The van der Waals surface area contributed by atoms with Crippen LogP contribution >= 0.6 is 0 Å². The SMILES string of the molecule is CC(C)(C)C1CCc2nc3cc(C(=O)NCCCO)[nH]c3cc2C1. The molecule has 0 saturated heterocycles. The van der Waals surface area contributed by atoms with Gasteiger partial charge in [0.2, 0.25) is 0 Å². The lowest BCUT2D eigenvalue weighted by atomic mass is 9.71. The van der Waals surface area contributed by atoms with E-state index in [4.69, 9.17) is 10.1 Å². The van der Waals surface area contributed by atoms with Crippen LogP contribution in [-0.4, -0.2) is 34.1 Å². The second-order valence-corrected chi connectivity index (χ2v) is 7.85. The molecule has 2 heterocycles. The first-order valence-corrected chi connectivity index (χ1v) is 8.79. The van der Waals surface area contributed by atoms with Gasteiger partial charge in [-0.3, -0.25) is 9.78 Å². The zero-order chi connectivity index (χ0) is 17.3. The number of hydrogen-bond donors (Lipinski definition) is 3. The maximum Gasteiger partial charge on any atom is 0.267 e. The summed E-state index contributed by atoms with van der Waals surface area (Å²) in [6.07, 6.45) is 3.80. The largest absolute Gasteiger partial charge is 0.396 e. The van der Waals surface area contributed by atoms with Crippen LogP contribution in [0.4, 0.5) is 0 Å². The number of rotatable bonds is 4. The molecule has 0 bridgehead atoms. The number of hydrogen-bond acceptors (Lipinski definition) is 3. The topological polar surface area (TPSA) is 78.0 Å². The molecule has 1 atom stereocenters. The zero-order valence-electron chi connectivity index (χ0n) is 14.8. The standard InChI is InChI=1S/C19H27N3O2/c1-19(2,3)13-5-6-14-12(9-13)10-15-16(21-14)11-17(22-15)18(24)20-7-4-8-23/h10-11,13,22-23H,4-9H2,1-3H3,(H,20,24). The molecule has 1 amide bonds. The van der Waals surface area contributed by atoms with Crippen LogP contribution in [0.1, 0.15) is 55.4 Å². The van der Waals surface area contributed by atoms with Gasteiger partial charge in [0, 0.05) is 18.8 Å². The maximum atomic E-state index is 12.1. The lowest BCUT2D eigenvalue weighted by Gasteiger charge is -2.34. The minimum Gasteiger partial charge on any atom is -0.396 e. The van der Waals surface area contributed by atoms with E-state index < -0.39 is 0 Å². The zero-order valence-corrected chi connectivity index (χ0v) is 14.8. The first kappa shape index (κ1) is 17.0. The lowest BCUT2D eigenvalue weighted by Crippen LogP contribution is -2.27. The number of nitrogens with one attached hydrogen (secondary N) is 2. The molecule has 24 heavy (non-hydrogen) atoms. The summed E-state index contributed by atoms with van der Waals surface area (Å²) < 4.78 is 0. The van der Waals surface area contributed by atoms with Gasteiger partial charge < -0.3 is 15.4 Å². The molecule has 130 valence electrons. The van der Waals surface area contributed by atoms with E-state index in [0.29, 0.717) is 30.0 Å². The summed E-state index contributed by atoms with van der Waals surface area (Å²) in [5.41, 5.74) is 5.10. The fourth-order valence-electron chi connectivity index (χ4n) is 3.45. The number of aryl methyl sites for hydroxylation is 1. The number of carbonyl (C=O) groups excluding carboxylic acids is 1. The second-order valence-electron chi connectivity index (χ2n) is 7.85. The van der Waals surface area contributed by atoms with E-state index in [9.17, 15) is 4.79 Å². The molecule has 0 saturated carbocycles. The van der Waals surface area contributed by atoms with Gasteiger partial charge in [0.25, 0.3) is 5.91 Å². The summed E-state index contributed by atoms with van der Waals surface area (Å²) in [5, 5.41) is 11.6. The van der Waals surface area contributed by atoms with Crippen molar-refractivity contribution in [3.63, 3.8) is 0 Å². The number of aliphatic hydroxyl groups excluding tert-OH is 1. The average Bonchev–Trinajstić information content (AvgIpc) is 2.94. The van der Waals surface area contributed by atoms with E-state index in [1.54, 1.807) is 0 Å². The number of H-pyrrole nitrogens is 1. The Kier molecular flexibility index (Phi) is 4.63. The molecule has 1 aliphatic rings. The van der Waals surface area contributed by atoms with Crippen molar-refractivity contribution in [1.29, 1.82) is 0 Å². The molecule has 5 heteroatoms. The van der Waals surface area contributed by atoms with E-state index in [-0.39, 0.29) is 12.5 Å². The molecule has 2 aromatic heterocycles. The third-order valence-electron chi connectivity index (χ3n) is 5.06. The molecule has 0 aliphatic heterocycles. The van der Waals surface area contributed by atoms with E-state index in [0.717, 1.165) is 23.9 Å². The Hall–Kier alpha value is -1.88. The van der Waals surface area contributed by atoms with Crippen molar-refractivity contribution in [3.8, 4) is 0 Å². The molecule has 1 unspecified atom stereocenters. The van der Waals surface area contributed by atoms with Crippen molar-refractivity contribution < 1.29 is 9.90 Å². The predicted molar refractivity (Wildman–Crippen MR) is 95.1 cm³/mol. The second kappa shape index (κ2) is 6.55. The van der Waals surface area contributed by atoms with Crippen LogP contribution in [0.2, 0.25) is 0 Å². The van der Waals surface area contributed by atoms with Crippen molar-refractivity contribution in [2.75, 3.05) is 13.2 Å². The first-order valence-electron chi connectivity index (χ1n) is 8.79. The number of aromatic amines is 1. The number of amides is 1. The minimum atomic E-state index is -0.146. The van der Waals surface area contributed by atoms with Crippen molar-refractivity contribution in [1.82, 2.24) is 15.3 Å². The summed E-state index contributed by atoms with van der Waals surface area (Å²) in [7, 11) is 0. The lowest BCUT2D eigenvalue weighted by molar-refractivity contribution is 0.0947. The van der Waals surface area contributed by atoms with Gasteiger partial charge >= 0.3 is 0 Å². The summed E-state index contributed by atoms with van der Waals surface area (Å²) >= 11 is 0. The van der Waals surface area contributed by atoms with Gasteiger partial charge in [0.05, 0.1) is 11.0 Å². The number of aliphatic hydroxyl groups is 1. The molecule has 1 aliphatic carbocycles. The van der Waals surface area contributed by atoms with E-state index in [1.807, 2.05) is 6.07 Å². The van der Waals surface area contributed by atoms with Gasteiger partial charge in [-0.25, -0.2) is 0 Å². The molecule has 0 aromatic carbocycles. The predicted octanol–water partition coefficient (Wildman–Crippen LogP) is 2.83. The van der Waals surface area contributed by atoms with Crippen LogP contribution in [0.25, 0.3) is 11.0 Å². The van der Waals surface area contributed by atoms with Crippen LogP contribution in [0, 0.1) is 11.3 Å². The Labute approximate surface area is 142 Å². The Morgan fingerprint density at radius 2 is 2.21 bits per heavy atom. The molecule has 3 N–H and O–H groups in total. The van der Waals surface area contributed by atoms with Gasteiger partial charge in [-0.1, -0.05) is 20.8 Å². The first-order chi connectivity index (χ1) is 11.4. The molecule has 0 fully saturated rings. The van der Waals surface area contributed by atoms with Crippen LogP contribution in [-0.2, 0) is 12.8 Å². The maximum absolute atomic E-state index is 12.1. The van der Waals surface area contributed by atoms with Gasteiger partial charge in [-0.2, -0.15) is 0 Å². The summed E-state index contributed by atoms with van der Waals surface area (Å²) in [4.78, 5) is 20.1. The monoisotopic (exact) mass is 329 g/mol. The van der Waals surface area contributed by atoms with Crippen LogP contribution in [0.3, 0.4) is 0 Å². The highest BCUT2D eigenvalue weighted by Crippen LogP contribution is 2.37. The third kappa shape index (κ3) is 3.46. The fraction of sp³-hybridized carbons (Fsp3) is 0.579. The van der Waals surface area contributed by atoms with E-state index in [2.05, 4.69) is 37.1 Å². The number of fused-ring (bicyclic) bond motifs is 2. The highest BCUT2D eigenvalue weighted by molar-refractivity contribution is 5.97. The van der Waals surface area contributed by atoms with Crippen molar-refractivity contribution in [2.24, 2.45) is 11.3 Å². The average molecular weight is 329 g/mol. The number of carbonyl (C=O) groups is 1. The Morgan fingerprint density at radius 1 is 1.42 bits per heavy atom. The molecular formula is C19H27N3O2. The smallest absolute Gasteiger partial charge is 0.267 e. The van der Waals surface area contributed by atoms with Gasteiger partial charge in [-0.05, 0) is 54.7 Å². The minimum absolute atomic E-state index is 0.0796. The summed E-state index contributed by atoms with van der Waals surface area (Å²) in [5.74, 6) is 0.521. The van der Waals surface area contributed by atoms with Crippen LogP contribution < -0.4 is 5.32 Å². The fourth-order valence-corrected chi connectivity index (χ4v) is 3.45. The van der Waals surface area contributed by atoms with E-state index >= 15 is 0 Å². The Balaban J connectivity index is 1.83. The highest BCUT2D eigenvalue weighted by Gasteiger charge is 2.29. The number of nitrogens with zero attached hydrogens (tertiary/aromatic N) is 1. The number of aromatic nitrogens is 2. The van der Waals surface area contributed by atoms with Crippen molar-refractivity contribution >= 4 is 16.9 Å². The van der Waals surface area contributed by atoms with Crippen LogP contribution in [0.5, 0.6) is 0 Å². The molecular weight excluding hydrogens is 302 g/mol. The third-order valence-corrected chi connectivity index (χ3v) is 5.06. The quantitative estimate of drug-likeness (QED) is 0.755.